The van der Waals surface area contributed by atoms with Crippen LogP contribution in [0.15, 0.2) is 24.3 Å². The van der Waals surface area contributed by atoms with Crippen molar-refractivity contribution in [3.05, 3.63) is 34.4 Å². The summed E-state index contributed by atoms with van der Waals surface area (Å²) in [5.41, 5.74) is -0.142. The highest BCUT2D eigenvalue weighted by Crippen LogP contribution is 2.23. The molecule has 1 rings (SSSR count). The fourth-order valence-corrected chi connectivity index (χ4v) is 3.40. The van der Waals surface area contributed by atoms with Crippen LogP contribution >= 0.6 is 0 Å². The topological polar surface area (TPSA) is 110 Å². The van der Waals surface area contributed by atoms with Gasteiger partial charge in [-0.2, -0.15) is 0 Å². The molecule has 0 aliphatic heterocycles. The van der Waals surface area contributed by atoms with E-state index in [4.69, 9.17) is 0 Å². The minimum atomic E-state index is -3.76. The first-order chi connectivity index (χ1) is 12.2. The Morgan fingerprint density at radius 2 is 2.04 bits per heavy atom. The molecule has 0 aliphatic carbocycles. The molecule has 0 bridgehead atoms. The van der Waals surface area contributed by atoms with Crippen LogP contribution < -0.4 is 9.62 Å². The fraction of sp³-hybridized carbons (Fsp3) is 0.588. The number of benzene rings is 1. The fourth-order valence-electron chi connectivity index (χ4n) is 2.55. The Bertz CT molecular complexity index is 721. The van der Waals surface area contributed by atoms with Crippen molar-refractivity contribution in [2.45, 2.75) is 39.5 Å². The Kier molecular flexibility index (Phi) is 8.50. The van der Waals surface area contributed by atoms with Crippen molar-refractivity contribution in [1.29, 1.82) is 0 Å². The van der Waals surface area contributed by atoms with Crippen molar-refractivity contribution in [3.63, 3.8) is 0 Å². The van der Waals surface area contributed by atoms with Gasteiger partial charge >= 0.3 is 0 Å². The van der Waals surface area contributed by atoms with E-state index in [0.29, 0.717) is 12.5 Å². The number of nitrogens with one attached hydrogen (secondary N) is 1. The van der Waals surface area contributed by atoms with Crippen LogP contribution in [-0.4, -0.2) is 38.6 Å². The van der Waals surface area contributed by atoms with E-state index in [-0.39, 0.29) is 11.4 Å². The maximum Gasteiger partial charge on any atom is 0.271 e. The maximum atomic E-state index is 12.2. The van der Waals surface area contributed by atoms with Crippen LogP contribution in [0, 0.1) is 16.0 Å². The largest absolute Gasteiger partial charge is 0.354 e. The summed E-state index contributed by atoms with van der Waals surface area (Å²) in [7, 11) is -3.76. The van der Waals surface area contributed by atoms with Crippen LogP contribution in [0.25, 0.3) is 0 Å². The summed E-state index contributed by atoms with van der Waals surface area (Å²) in [5.74, 6) is -0.0831. The molecule has 0 heterocycles. The molecule has 0 aromatic heterocycles. The van der Waals surface area contributed by atoms with Crippen LogP contribution in [0.1, 0.15) is 39.5 Å². The molecule has 0 fully saturated rings. The van der Waals surface area contributed by atoms with Crippen LogP contribution in [0.3, 0.4) is 0 Å². The molecule has 1 aromatic rings. The van der Waals surface area contributed by atoms with Crippen molar-refractivity contribution in [2.24, 2.45) is 5.92 Å². The predicted octanol–water partition coefficient (Wildman–Crippen LogP) is 2.69. The second-order valence-corrected chi connectivity index (χ2v) is 8.17. The quantitative estimate of drug-likeness (QED) is 0.465. The van der Waals surface area contributed by atoms with E-state index >= 15 is 0 Å². The lowest BCUT2D eigenvalue weighted by Gasteiger charge is -2.22. The molecule has 0 spiro atoms. The molecule has 9 heteroatoms. The average Bonchev–Trinajstić information content (AvgIpc) is 2.59. The van der Waals surface area contributed by atoms with Gasteiger partial charge in [0.05, 0.1) is 16.9 Å². The number of nitrogens with zero attached hydrogens (tertiary/aromatic N) is 2. The number of hydrogen-bond acceptors (Lipinski definition) is 5. The lowest BCUT2D eigenvalue weighted by atomic mass is 9.99. The molecule has 0 saturated heterocycles. The summed E-state index contributed by atoms with van der Waals surface area (Å²) in [6.45, 7) is 4.23. The molecule has 8 nitrogen and oxygen atoms in total. The first-order valence-electron chi connectivity index (χ1n) is 8.67. The number of hydrogen-bond donors (Lipinski definition) is 1. The second-order valence-electron chi connectivity index (χ2n) is 6.27. The lowest BCUT2D eigenvalue weighted by molar-refractivity contribution is -0.384. The standard InChI is InChI=1S/C17H27N3O5S/c1-4-6-8-14(5-2)12-18-17(21)13-19(26(3,24)25)15-9-7-10-16(11-15)20(22)23/h7,9-11,14H,4-6,8,12-13H2,1-3H3,(H,18,21)/t14-/m1/s1. The van der Waals surface area contributed by atoms with Gasteiger partial charge in [-0.15, -0.1) is 0 Å². The third-order valence-corrected chi connectivity index (χ3v) is 5.29. The summed E-state index contributed by atoms with van der Waals surface area (Å²) in [6.07, 6.45) is 5.07. The van der Waals surface area contributed by atoms with Gasteiger partial charge in [-0.25, -0.2) is 8.42 Å². The van der Waals surface area contributed by atoms with Gasteiger partial charge in [0.2, 0.25) is 15.9 Å². The Hall–Kier alpha value is -2.16. The summed E-state index contributed by atoms with van der Waals surface area (Å²) in [4.78, 5) is 22.5. The SMILES string of the molecule is CCCC[C@@H](CC)CNC(=O)CN(c1cccc([N+](=O)[O-])c1)S(C)(=O)=O. The molecular formula is C17H27N3O5S. The van der Waals surface area contributed by atoms with Gasteiger partial charge in [-0.1, -0.05) is 39.2 Å². The zero-order valence-corrected chi connectivity index (χ0v) is 16.3. The molecular weight excluding hydrogens is 358 g/mol. The third-order valence-electron chi connectivity index (χ3n) is 4.15. The number of nitro groups is 1. The molecule has 1 atom stereocenters. The van der Waals surface area contributed by atoms with Crippen molar-refractivity contribution in [2.75, 3.05) is 23.7 Å². The van der Waals surface area contributed by atoms with Gasteiger partial charge in [-0.3, -0.25) is 19.2 Å². The minimum absolute atomic E-state index is 0.0925. The van der Waals surface area contributed by atoms with E-state index < -0.39 is 27.4 Å². The van der Waals surface area contributed by atoms with Gasteiger partial charge in [0, 0.05) is 18.7 Å². The number of amides is 1. The highest BCUT2D eigenvalue weighted by atomic mass is 32.2. The molecule has 0 aliphatic rings. The van der Waals surface area contributed by atoms with Gasteiger partial charge in [0.1, 0.15) is 6.54 Å². The Morgan fingerprint density at radius 3 is 2.58 bits per heavy atom. The van der Waals surface area contributed by atoms with E-state index in [9.17, 15) is 23.3 Å². The van der Waals surface area contributed by atoms with Gasteiger partial charge in [0.25, 0.3) is 5.69 Å². The molecule has 1 amide bonds. The summed E-state index contributed by atoms with van der Waals surface area (Å²) >= 11 is 0. The molecule has 1 aromatic carbocycles. The van der Waals surface area contributed by atoms with Crippen molar-refractivity contribution in [1.82, 2.24) is 5.32 Å². The summed E-state index contributed by atoms with van der Waals surface area (Å²) in [5, 5.41) is 13.7. The number of anilines is 1. The van der Waals surface area contributed by atoms with E-state index in [1.807, 2.05) is 0 Å². The number of carbonyl (C=O) groups is 1. The van der Waals surface area contributed by atoms with E-state index in [0.717, 1.165) is 42.3 Å². The zero-order valence-electron chi connectivity index (χ0n) is 15.5. The first kappa shape index (κ1) is 21.9. The molecule has 0 unspecified atom stereocenters. The van der Waals surface area contributed by atoms with Crippen LogP contribution in [0.2, 0.25) is 0 Å². The summed E-state index contributed by atoms with van der Waals surface area (Å²) in [6, 6.07) is 5.23. The predicted molar refractivity (Wildman–Crippen MR) is 102 cm³/mol. The zero-order chi connectivity index (χ0) is 19.7. The maximum absolute atomic E-state index is 12.2. The number of non-ortho nitro benzene ring substituents is 1. The minimum Gasteiger partial charge on any atom is -0.354 e. The van der Waals surface area contributed by atoms with E-state index in [1.54, 1.807) is 0 Å². The molecule has 0 radical (unpaired) electrons. The van der Waals surface area contributed by atoms with Crippen LogP contribution in [-0.2, 0) is 14.8 Å². The average molecular weight is 385 g/mol. The molecule has 26 heavy (non-hydrogen) atoms. The van der Waals surface area contributed by atoms with Gasteiger partial charge in [-0.05, 0) is 18.4 Å². The van der Waals surface area contributed by atoms with Crippen molar-refractivity contribution in [3.8, 4) is 0 Å². The first-order valence-corrected chi connectivity index (χ1v) is 10.5. The van der Waals surface area contributed by atoms with Crippen LogP contribution in [0.5, 0.6) is 0 Å². The Labute approximate surface area is 154 Å². The third kappa shape index (κ3) is 6.99. The Morgan fingerprint density at radius 1 is 1.35 bits per heavy atom. The van der Waals surface area contributed by atoms with Crippen LogP contribution in [0.4, 0.5) is 11.4 Å². The monoisotopic (exact) mass is 385 g/mol. The van der Waals surface area contributed by atoms with Gasteiger partial charge in [0.15, 0.2) is 0 Å². The highest BCUT2D eigenvalue weighted by molar-refractivity contribution is 7.92. The normalized spacial score (nSPS) is 12.4. The molecule has 1 N–H and O–H groups in total. The number of carbonyl (C=O) groups excluding carboxylic acids is 1. The molecule has 146 valence electrons. The van der Waals surface area contributed by atoms with Crippen molar-refractivity contribution >= 4 is 27.3 Å². The Balaban J connectivity index is 2.84. The summed E-state index contributed by atoms with van der Waals surface area (Å²) < 4.78 is 25.0. The van der Waals surface area contributed by atoms with Crippen molar-refractivity contribution < 1.29 is 18.1 Å². The second kappa shape index (κ2) is 10.1. The number of sulfonamides is 1. The highest BCUT2D eigenvalue weighted by Gasteiger charge is 2.22. The van der Waals surface area contributed by atoms with Gasteiger partial charge < -0.3 is 5.32 Å². The lowest BCUT2D eigenvalue weighted by Crippen LogP contribution is -2.41. The number of unbranched alkanes of at least 4 members (excludes halogenated alkanes) is 1. The van der Waals surface area contributed by atoms with E-state index in [1.165, 1.54) is 18.2 Å². The number of rotatable bonds is 11. The smallest absolute Gasteiger partial charge is 0.271 e. The van der Waals surface area contributed by atoms with E-state index in [2.05, 4.69) is 19.2 Å². The number of nitro benzene ring substituents is 1. The molecule has 0 saturated carbocycles.